The number of amides is 2. The standard InChI is InChI=1S/C22H32N4O4S/c27-21(25-13-15-26(16-14-25)22(28)18-5-4-6-18)17-31(29,30)23-19-7-9-20(10-8-19)24-11-2-1-3-12-24/h7-10,18,23H,1-6,11-17H2. The molecule has 9 heteroatoms. The Balaban J connectivity index is 1.26. The number of rotatable bonds is 6. The van der Waals surface area contributed by atoms with Crippen molar-refractivity contribution in [2.24, 2.45) is 5.92 Å². The molecule has 0 bridgehead atoms. The number of nitrogens with zero attached hydrogens (tertiary/aromatic N) is 3. The van der Waals surface area contributed by atoms with Gasteiger partial charge in [0, 0.05) is 56.6 Å². The SMILES string of the molecule is O=C(CS(=O)(=O)Nc1ccc(N2CCCCC2)cc1)N1CCN(C(=O)C2CCC2)CC1. The topological polar surface area (TPSA) is 90.0 Å². The van der Waals surface area contributed by atoms with Gasteiger partial charge >= 0.3 is 0 Å². The Bertz CT molecular complexity index is 885. The molecule has 1 aliphatic carbocycles. The molecule has 0 radical (unpaired) electrons. The van der Waals surface area contributed by atoms with Crippen molar-refractivity contribution in [3.05, 3.63) is 24.3 Å². The number of hydrogen-bond acceptors (Lipinski definition) is 5. The number of piperidine rings is 1. The summed E-state index contributed by atoms with van der Waals surface area (Å²) < 4.78 is 27.5. The van der Waals surface area contributed by atoms with Gasteiger partial charge in [0.1, 0.15) is 5.75 Å². The Morgan fingerprint density at radius 2 is 1.45 bits per heavy atom. The average Bonchev–Trinajstić information content (AvgIpc) is 2.73. The van der Waals surface area contributed by atoms with Gasteiger partial charge in [-0.05, 0) is 56.4 Å². The van der Waals surface area contributed by atoms with Gasteiger partial charge in [-0.3, -0.25) is 14.3 Å². The van der Waals surface area contributed by atoms with Crippen molar-refractivity contribution in [3.63, 3.8) is 0 Å². The Kier molecular flexibility index (Phi) is 6.69. The zero-order chi connectivity index (χ0) is 21.8. The van der Waals surface area contributed by atoms with E-state index in [-0.39, 0.29) is 11.8 Å². The molecule has 8 nitrogen and oxygen atoms in total. The van der Waals surface area contributed by atoms with Crippen LogP contribution in [0.1, 0.15) is 38.5 Å². The summed E-state index contributed by atoms with van der Waals surface area (Å²) in [6.07, 6.45) is 6.65. The van der Waals surface area contributed by atoms with Crippen LogP contribution < -0.4 is 9.62 Å². The highest BCUT2D eigenvalue weighted by Gasteiger charge is 2.32. The van der Waals surface area contributed by atoms with Gasteiger partial charge in [-0.2, -0.15) is 0 Å². The largest absolute Gasteiger partial charge is 0.372 e. The number of nitrogens with one attached hydrogen (secondary N) is 1. The Morgan fingerprint density at radius 1 is 0.839 bits per heavy atom. The van der Waals surface area contributed by atoms with Crippen molar-refractivity contribution < 1.29 is 18.0 Å². The minimum absolute atomic E-state index is 0.146. The van der Waals surface area contributed by atoms with Gasteiger partial charge in [0.2, 0.25) is 21.8 Å². The number of sulfonamides is 1. The number of piperazine rings is 1. The third kappa shape index (κ3) is 5.50. The van der Waals surface area contributed by atoms with Crippen LogP contribution >= 0.6 is 0 Å². The average molecular weight is 449 g/mol. The van der Waals surface area contributed by atoms with Crippen LogP contribution in [0.25, 0.3) is 0 Å². The van der Waals surface area contributed by atoms with E-state index in [2.05, 4.69) is 9.62 Å². The van der Waals surface area contributed by atoms with E-state index < -0.39 is 21.7 Å². The Morgan fingerprint density at radius 3 is 2.03 bits per heavy atom. The molecular formula is C22H32N4O4S. The van der Waals surface area contributed by atoms with E-state index in [1.165, 1.54) is 19.3 Å². The molecule has 3 aliphatic rings. The van der Waals surface area contributed by atoms with Crippen molar-refractivity contribution in [1.82, 2.24) is 9.80 Å². The zero-order valence-corrected chi connectivity index (χ0v) is 18.8. The molecule has 1 saturated carbocycles. The van der Waals surface area contributed by atoms with E-state index in [0.717, 1.165) is 38.0 Å². The molecule has 0 spiro atoms. The lowest BCUT2D eigenvalue weighted by Gasteiger charge is -2.38. The lowest BCUT2D eigenvalue weighted by Crippen LogP contribution is -2.53. The maximum absolute atomic E-state index is 12.5. The lowest BCUT2D eigenvalue weighted by molar-refractivity contribution is -0.143. The van der Waals surface area contributed by atoms with Gasteiger partial charge in [0.25, 0.3) is 0 Å². The van der Waals surface area contributed by atoms with Crippen molar-refractivity contribution in [2.45, 2.75) is 38.5 Å². The van der Waals surface area contributed by atoms with Crippen LogP contribution in [0.4, 0.5) is 11.4 Å². The van der Waals surface area contributed by atoms with Crippen molar-refractivity contribution in [3.8, 4) is 0 Å². The number of anilines is 2. The molecule has 0 unspecified atom stereocenters. The fourth-order valence-corrected chi connectivity index (χ4v) is 5.53. The van der Waals surface area contributed by atoms with Crippen LogP contribution in [-0.4, -0.2) is 75.1 Å². The highest BCUT2D eigenvalue weighted by atomic mass is 32.2. The van der Waals surface area contributed by atoms with Gasteiger partial charge in [-0.15, -0.1) is 0 Å². The first-order chi connectivity index (χ1) is 14.9. The quantitative estimate of drug-likeness (QED) is 0.718. The number of benzene rings is 1. The van der Waals surface area contributed by atoms with Crippen molar-refractivity contribution in [2.75, 3.05) is 54.6 Å². The van der Waals surface area contributed by atoms with Gasteiger partial charge in [0.05, 0.1) is 0 Å². The molecule has 2 saturated heterocycles. The van der Waals surface area contributed by atoms with Gasteiger partial charge < -0.3 is 14.7 Å². The molecule has 4 rings (SSSR count). The monoisotopic (exact) mass is 448 g/mol. The molecule has 170 valence electrons. The second-order valence-electron chi connectivity index (χ2n) is 8.79. The minimum atomic E-state index is -3.79. The highest BCUT2D eigenvalue weighted by Crippen LogP contribution is 2.28. The first kappa shape index (κ1) is 21.9. The van der Waals surface area contributed by atoms with Crippen LogP contribution in [0.5, 0.6) is 0 Å². The highest BCUT2D eigenvalue weighted by molar-refractivity contribution is 7.93. The molecule has 0 atom stereocenters. The summed E-state index contributed by atoms with van der Waals surface area (Å²) in [7, 11) is -3.79. The summed E-state index contributed by atoms with van der Waals surface area (Å²) in [5.41, 5.74) is 1.55. The Hall–Kier alpha value is -2.29. The fraction of sp³-hybridized carbons (Fsp3) is 0.636. The molecule has 2 amide bonds. The van der Waals surface area contributed by atoms with Crippen molar-refractivity contribution >= 4 is 33.2 Å². The van der Waals surface area contributed by atoms with Crippen LogP contribution in [0.3, 0.4) is 0 Å². The van der Waals surface area contributed by atoms with Crippen LogP contribution in [0.2, 0.25) is 0 Å². The molecule has 31 heavy (non-hydrogen) atoms. The van der Waals surface area contributed by atoms with Crippen molar-refractivity contribution in [1.29, 1.82) is 0 Å². The first-order valence-corrected chi connectivity index (χ1v) is 13.0. The van der Waals surface area contributed by atoms with E-state index in [1.54, 1.807) is 17.0 Å². The number of carbonyl (C=O) groups is 2. The van der Waals surface area contributed by atoms with Crippen LogP contribution in [-0.2, 0) is 19.6 Å². The van der Waals surface area contributed by atoms with Gasteiger partial charge in [-0.1, -0.05) is 6.42 Å². The maximum atomic E-state index is 12.5. The molecule has 2 heterocycles. The van der Waals surface area contributed by atoms with E-state index in [4.69, 9.17) is 0 Å². The summed E-state index contributed by atoms with van der Waals surface area (Å²) in [6.45, 7) is 3.78. The predicted molar refractivity (Wildman–Crippen MR) is 120 cm³/mol. The third-order valence-electron chi connectivity index (χ3n) is 6.57. The summed E-state index contributed by atoms with van der Waals surface area (Å²) >= 11 is 0. The van der Waals surface area contributed by atoms with E-state index in [1.807, 2.05) is 17.0 Å². The van der Waals surface area contributed by atoms with E-state index in [9.17, 15) is 18.0 Å². The summed E-state index contributed by atoms with van der Waals surface area (Å²) in [5.74, 6) is -0.681. The Labute approximate surface area is 184 Å². The van der Waals surface area contributed by atoms with E-state index in [0.29, 0.717) is 31.9 Å². The zero-order valence-electron chi connectivity index (χ0n) is 18.0. The van der Waals surface area contributed by atoms with E-state index >= 15 is 0 Å². The first-order valence-electron chi connectivity index (χ1n) is 11.3. The molecule has 1 N–H and O–H groups in total. The molecule has 2 aliphatic heterocycles. The second-order valence-corrected chi connectivity index (χ2v) is 10.5. The third-order valence-corrected chi connectivity index (χ3v) is 7.75. The number of carbonyl (C=O) groups excluding carboxylic acids is 2. The van der Waals surface area contributed by atoms with Gasteiger partial charge in [0.15, 0.2) is 0 Å². The molecular weight excluding hydrogens is 416 g/mol. The summed E-state index contributed by atoms with van der Waals surface area (Å²) in [5, 5.41) is 0. The smallest absolute Gasteiger partial charge is 0.241 e. The van der Waals surface area contributed by atoms with Crippen LogP contribution in [0.15, 0.2) is 24.3 Å². The predicted octanol–water partition coefficient (Wildman–Crippen LogP) is 1.89. The molecule has 3 fully saturated rings. The second kappa shape index (κ2) is 9.46. The van der Waals surface area contributed by atoms with Crippen LogP contribution in [0, 0.1) is 5.92 Å². The normalized spacial score (nSPS) is 20.3. The molecule has 1 aromatic rings. The van der Waals surface area contributed by atoms with Gasteiger partial charge in [-0.25, -0.2) is 8.42 Å². The number of hydrogen-bond donors (Lipinski definition) is 1. The summed E-state index contributed by atoms with van der Waals surface area (Å²) in [6, 6.07) is 7.33. The summed E-state index contributed by atoms with van der Waals surface area (Å²) in [4.78, 5) is 30.5. The fourth-order valence-electron chi connectivity index (χ4n) is 4.45. The maximum Gasteiger partial charge on any atom is 0.241 e. The minimum Gasteiger partial charge on any atom is -0.372 e. The lowest BCUT2D eigenvalue weighted by atomic mass is 9.84. The molecule has 0 aromatic heterocycles. The molecule has 1 aromatic carbocycles.